The lowest BCUT2D eigenvalue weighted by molar-refractivity contribution is -0.116. The summed E-state index contributed by atoms with van der Waals surface area (Å²) >= 11 is 7.49. The van der Waals surface area contributed by atoms with Gasteiger partial charge in [-0.25, -0.2) is 4.98 Å². The van der Waals surface area contributed by atoms with Gasteiger partial charge < -0.3 is 15.4 Å². The summed E-state index contributed by atoms with van der Waals surface area (Å²) in [4.78, 5) is 17.6. The number of hydrogen-bond acceptors (Lipinski definition) is 5. The molecule has 0 radical (unpaired) electrons. The van der Waals surface area contributed by atoms with Crippen molar-refractivity contribution >= 4 is 39.8 Å². The lowest BCUT2D eigenvalue weighted by Gasteiger charge is -2.22. The fourth-order valence-electron chi connectivity index (χ4n) is 3.06. The number of nitrogens with zero attached hydrogens (tertiary/aromatic N) is 1. The van der Waals surface area contributed by atoms with Gasteiger partial charge in [0.1, 0.15) is 18.2 Å². The smallest absolute Gasteiger partial charge is 0.226 e. The maximum Gasteiger partial charge on any atom is 0.226 e. The van der Waals surface area contributed by atoms with E-state index in [4.69, 9.17) is 16.3 Å². The number of thiazole rings is 1. The molecule has 0 saturated heterocycles. The molecule has 1 aliphatic heterocycles. The van der Waals surface area contributed by atoms with Crippen LogP contribution in [0.2, 0.25) is 5.02 Å². The molecule has 2 aromatic carbocycles. The molecule has 2 heterocycles. The van der Waals surface area contributed by atoms with E-state index in [1.54, 1.807) is 11.3 Å². The molecule has 0 aliphatic carbocycles. The predicted octanol–water partition coefficient (Wildman–Crippen LogP) is 4.89. The van der Waals surface area contributed by atoms with Crippen molar-refractivity contribution in [2.24, 2.45) is 0 Å². The van der Waals surface area contributed by atoms with Crippen LogP contribution in [0.4, 0.5) is 10.9 Å². The number of amides is 1. The maximum absolute atomic E-state index is 12.1. The largest absolute Gasteiger partial charge is 0.489 e. The van der Waals surface area contributed by atoms with Gasteiger partial charge in [-0.2, -0.15) is 0 Å². The van der Waals surface area contributed by atoms with E-state index in [0.717, 1.165) is 26.9 Å². The van der Waals surface area contributed by atoms with Crippen molar-refractivity contribution < 1.29 is 9.53 Å². The zero-order valence-corrected chi connectivity index (χ0v) is 16.2. The molecule has 3 aromatic rings. The second-order valence-electron chi connectivity index (χ2n) is 6.27. The number of rotatable bonds is 5. The summed E-state index contributed by atoms with van der Waals surface area (Å²) in [7, 11) is 1.83. The molecule has 1 atom stereocenters. The minimum absolute atomic E-state index is 0.0204. The average Bonchev–Trinajstić information content (AvgIpc) is 3.10. The molecule has 7 heteroatoms. The summed E-state index contributed by atoms with van der Waals surface area (Å²) in [5.74, 6) is 1.38. The Bertz CT molecular complexity index is 972. The van der Waals surface area contributed by atoms with Crippen molar-refractivity contribution in [1.82, 2.24) is 4.98 Å². The van der Waals surface area contributed by atoms with E-state index in [1.807, 2.05) is 55.6 Å². The molecule has 0 spiro atoms. The Morgan fingerprint density at radius 1 is 1.30 bits per heavy atom. The number of benzene rings is 2. The normalized spacial score (nSPS) is 15.8. The minimum Gasteiger partial charge on any atom is -0.489 e. The van der Waals surface area contributed by atoms with Gasteiger partial charge in [0.05, 0.1) is 4.88 Å². The first-order valence-corrected chi connectivity index (χ1v) is 9.77. The topological polar surface area (TPSA) is 63.3 Å². The van der Waals surface area contributed by atoms with Crippen LogP contribution in [0.5, 0.6) is 5.75 Å². The van der Waals surface area contributed by atoms with Crippen molar-refractivity contribution in [3.8, 4) is 5.75 Å². The number of nitrogens with one attached hydrogen (secondary N) is 2. The van der Waals surface area contributed by atoms with E-state index < -0.39 is 0 Å². The molecular formula is C20H18ClN3O2S. The molecule has 27 heavy (non-hydrogen) atoms. The summed E-state index contributed by atoms with van der Waals surface area (Å²) in [5, 5.41) is 7.41. The third-order valence-corrected chi connectivity index (χ3v) is 5.85. The highest BCUT2D eigenvalue weighted by Crippen LogP contribution is 2.42. The summed E-state index contributed by atoms with van der Waals surface area (Å²) in [6, 6.07) is 15.5. The van der Waals surface area contributed by atoms with Crippen LogP contribution in [0.3, 0.4) is 0 Å². The molecule has 0 fully saturated rings. The summed E-state index contributed by atoms with van der Waals surface area (Å²) < 4.78 is 5.94. The molecule has 1 aromatic heterocycles. The monoisotopic (exact) mass is 399 g/mol. The van der Waals surface area contributed by atoms with Crippen LogP contribution >= 0.6 is 22.9 Å². The SMILES string of the molecule is CNc1nc2c(s1)C(c1cccc(OCc3ccc(Cl)cc3)c1)CC(=O)N2. The Morgan fingerprint density at radius 3 is 2.89 bits per heavy atom. The van der Waals surface area contributed by atoms with Gasteiger partial charge in [0.2, 0.25) is 5.91 Å². The van der Waals surface area contributed by atoms with Crippen molar-refractivity contribution in [3.05, 3.63) is 69.6 Å². The van der Waals surface area contributed by atoms with Crippen LogP contribution in [-0.2, 0) is 11.4 Å². The number of carbonyl (C=O) groups excluding carboxylic acids is 1. The van der Waals surface area contributed by atoms with E-state index in [2.05, 4.69) is 15.6 Å². The Balaban J connectivity index is 1.56. The number of halogens is 1. The van der Waals surface area contributed by atoms with Crippen LogP contribution in [0.25, 0.3) is 0 Å². The highest BCUT2D eigenvalue weighted by atomic mass is 35.5. The van der Waals surface area contributed by atoms with Gasteiger partial charge in [0.25, 0.3) is 0 Å². The first-order valence-electron chi connectivity index (χ1n) is 8.58. The molecule has 1 amide bonds. The molecule has 0 bridgehead atoms. The highest BCUT2D eigenvalue weighted by Gasteiger charge is 2.30. The average molecular weight is 400 g/mol. The van der Waals surface area contributed by atoms with Gasteiger partial charge in [-0.3, -0.25) is 4.79 Å². The number of carbonyl (C=O) groups is 1. The summed E-state index contributed by atoms with van der Waals surface area (Å²) in [6.07, 6.45) is 0.402. The van der Waals surface area contributed by atoms with Crippen LogP contribution in [0, 0.1) is 0 Å². The standard InChI is InChI=1S/C20H18ClN3O2S/c1-22-20-24-19-18(27-20)16(10-17(25)23-19)13-3-2-4-15(9-13)26-11-12-5-7-14(21)8-6-12/h2-9,16H,10-11H2,1H3,(H,22,24)(H,23,25). The van der Waals surface area contributed by atoms with Gasteiger partial charge in [-0.1, -0.05) is 47.2 Å². The zero-order chi connectivity index (χ0) is 18.8. The molecule has 2 N–H and O–H groups in total. The predicted molar refractivity (Wildman–Crippen MR) is 109 cm³/mol. The summed E-state index contributed by atoms with van der Waals surface area (Å²) in [6.45, 7) is 0.460. The van der Waals surface area contributed by atoms with Gasteiger partial charge in [-0.15, -0.1) is 0 Å². The van der Waals surface area contributed by atoms with E-state index in [9.17, 15) is 4.79 Å². The Hall–Kier alpha value is -2.57. The van der Waals surface area contributed by atoms with E-state index >= 15 is 0 Å². The van der Waals surface area contributed by atoms with Crippen LogP contribution in [0.1, 0.15) is 28.3 Å². The Labute approximate surface area is 166 Å². The van der Waals surface area contributed by atoms with Gasteiger partial charge in [-0.05, 0) is 35.4 Å². The van der Waals surface area contributed by atoms with E-state index in [-0.39, 0.29) is 11.8 Å². The van der Waals surface area contributed by atoms with Crippen LogP contribution < -0.4 is 15.4 Å². The maximum atomic E-state index is 12.1. The zero-order valence-electron chi connectivity index (χ0n) is 14.7. The van der Waals surface area contributed by atoms with Crippen molar-refractivity contribution in [3.63, 3.8) is 0 Å². The van der Waals surface area contributed by atoms with Crippen molar-refractivity contribution in [1.29, 1.82) is 0 Å². The highest BCUT2D eigenvalue weighted by molar-refractivity contribution is 7.16. The third-order valence-electron chi connectivity index (χ3n) is 4.41. The molecule has 4 rings (SSSR count). The lowest BCUT2D eigenvalue weighted by atomic mass is 9.91. The fourth-order valence-corrected chi connectivity index (χ4v) is 4.19. The van der Waals surface area contributed by atoms with Gasteiger partial charge in [0.15, 0.2) is 5.13 Å². The Kier molecular flexibility index (Phi) is 5.01. The number of fused-ring (bicyclic) bond motifs is 1. The van der Waals surface area contributed by atoms with Gasteiger partial charge in [0, 0.05) is 24.4 Å². The van der Waals surface area contributed by atoms with E-state index in [0.29, 0.717) is 23.9 Å². The van der Waals surface area contributed by atoms with Gasteiger partial charge >= 0.3 is 0 Å². The quantitative estimate of drug-likeness (QED) is 0.641. The minimum atomic E-state index is -0.0209. The molecule has 5 nitrogen and oxygen atoms in total. The van der Waals surface area contributed by atoms with Crippen LogP contribution in [-0.4, -0.2) is 17.9 Å². The second kappa shape index (κ2) is 7.58. The third kappa shape index (κ3) is 3.91. The first kappa shape index (κ1) is 17.8. The van der Waals surface area contributed by atoms with Crippen LogP contribution in [0.15, 0.2) is 48.5 Å². The molecule has 1 unspecified atom stereocenters. The lowest BCUT2D eigenvalue weighted by Crippen LogP contribution is -2.22. The first-order chi connectivity index (χ1) is 13.1. The number of aromatic nitrogens is 1. The molecule has 138 valence electrons. The molecule has 0 saturated carbocycles. The van der Waals surface area contributed by atoms with E-state index in [1.165, 1.54) is 0 Å². The fraction of sp³-hybridized carbons (Fsp3) is 0.200. The molecular weight excluding hydrogens is 382 g/mol. The number of anilines is 2. The number of ether oxygens (including phenoxy) is 1. The van der Waals surface area contributed by atoms with Crippen molar-refractivity contribution in [2.45, 2.75) is 18.9 Å². The van der Waals surface area contributed by atoms with Crippen molar-refractivity contribution in [2.75, 3.05) is 17.7 Å². The second-order valence-corrected chi connectivity index (χ2v) is 7.74. The number of hydrogen-bond donors (Lipinski definition) is 2. The molecule has 1 aliphatic rings. The Morgan fingerprint density at radius 2 is 2.11 bits per heavy atom. The summed E-state index contributed by atoms with van der Waals surface area (Å²) in [5.41, 5.74) is 2.09.